The molecule has 1 heterocycles. The molecule has 0 amide bonds. The van der Waals surface area contributed by atoms with Crippen molar-refractivity contribution < 1.29 is 0 Å². The van der Waals surface area contributed by atoms with Crippen LogP contribution in [0.25, 0.3) is 0 Å². The maximum absolute atomic E-state index is 4.45. The number of hydrogen-bond donors (Lipinski definition) is 1. The number of nitrogens with zero attached hydrogens (tertiary/aromatic N) is 1. The highest BCUT2D eigenvalue weighted by Gasteiger charge is 2.27. The van der Waals surface area contributed by atoms with Crippen LogP contribution in [0.1, 0.15) is 57.5 Å². The minimum atomic E-state index is 0.454. The van der Waals surface area contributed by atoms with Gasteiger partial charge in [0.15, 0.2) is 0 Å². The van der Waals surface area contributed by atoms with E-state index in [0.29, 0.717) is 12.1 Å². The standard InChI is InChI=1S/C14H24N2S/c1-4-12(14-15-7-8-17-14)16-13-6-5-10(2)9-11(13)3/h7-8,10-13,16H,4-6,9H2,1-3H3. The number of nitrogens with one attached hydrogen (secondary N) is 1. The lowest BCUT2D eigenvalue weighted by Gasteiger charge is -2.35. The average molecular weight is 252 g/mol. The third-order valence-electron chi connectivity index (χ3n) is 4.00. The van der Waals surface area contributed by atoms with Crippen molar-refractivity contribution in [1.29, 1.82) is 0 Å². The minimum Gasteiger partial charge on any atom is -0.305 e. The van der Waals surface area contributed by atoms with Crippen LogP contribution in [-0.4, -0.2) is 11.0 Å². The summed E-state index contributed by atoms with van der Waals surface area (Å²) >= 11 is 1.77. The van der Waals surface area contributed by atoms with E-state index in [-0.39, 0.29) is 0 Å². The number of rotatable bonds is 4. The van der Waals surface area contributed by atoms with E-state index in [9.17, 15) is 0 Å². The Bertz CT molecular complexity index is 323. The molecule has 4 atom stereocenters. The zero-order valence-corrected chi connectivity index (χ0v) is 12.0. The van der Waals surface area contributed by atoms with Gasteiger partial charge in [0.2, 0.25) is 0 Å². The lowest BCUT2D eigenvalue weighted by atomic mass is 9.79. The summed E-state index contributed by atoms with van der Waals surface area (Å²) in [5.74, 6) is 1.70. The molecular formula is C14H24N2S. The summed E-state index contributed by atoms with van der Waals surface area (Å²) in [5, 5.41) is 7.15. The summed E-state index contributed by atoms with van der Waals surface area (Å²) in [7, 11) is 0. The molecule has 0 spiro atoms. The monoisotopic (exact) mass is 252 g/mol. The molecule has 1 aromatic heterocycles. The summed E-state index contributed by atoms with van der Waals surface area (Å²) in [6.07, 6.45) is 7.11. The molecule has 1 N–H and O–H groups in total. The molecule has 1 aliphatic carbocycles. The molecule has 1 aliphatic rings. The van der Waals surface area contributed by atoms with Crippen molar-refractivity contribution in [2.75, 3.05) is 0 Å². The summed E-state index contributed by atoms with van der Waals surface area (Å²) < 4.78 is 0. The average Bonchev–Trinajstić information content (AvgIpc) is 2.81. The topological polar surface area (TPSA) is 24.9 Å². The van der Waals surface area contributed by atoms with E-state index in [4.69, 9.17) is 0 Å². The van der Waals surface area contributed by atoms with E-state index >= 15 is 0 Å². The molecule has 0 radical (unpaired) electrons. The Kier molecular flexibility index (Phi) is 4.57. The van der Waals surface area contributed by atoms with Crippen LogP contribution in [0, 0.1) is 11.8 Å². The van der Waals surface area contributed by atoms with Gasteiger partial charge in [0.1, 0.15) is 5.01 Å². The fourth-order valence-electron chi connectivity index (χ4n) is 2.94. The first-order valence-corrected chi connectivity index (χ1v) is 7.74. The van der Waals surface area contributed by atoms with Crippen LogP contribution in [0.3, 0.4) is 0 Å². The highest BCUT2D eigenvalue weighted by molar-refractivity contribution is 7.09. The molecule has 0 bridgehead atoms. The molecule has 1 saturated carbocycles. The molecule has 17 heavy (non-hydrogen) atoms. The Labute approximate surface area is 109 Å². The van der Waals surface area contributed by atoms with Crippen molar-refractivity contribution in [3.8, 4) is 0 Å². The van der Waals surface area contributed by atoms with Gasteiger partial charge in [0.25, 0.3) is 0 Å². The maximum atomic E-state index is 4.45. The van der Waals surface area contributed by atoms with E-state index in [1.54, 1.807) is 11.3 Å². The molecule has 0 saturated heterocycles. The van der Waals surface area contributed by atoms with Crippen LogP contribution in [0.2, 0.25) is 0 Å². The van der Waals surface area contributed by atoms with Crippen LogP contribution < -0.4 is 5.32 Å². The highest BCUT2D eigenvalue weighted by Crippen LogP contribution is 2.31. The van der Waals surface area contributed by atoms with E-state index in [0.717, 1.165) is 18.3 Å². The largest absolute Gasteiger partial charge is 0.305 e. The molecule has 0 aromatic carbocycles. The van der Waals surface area contributed by atoms with Gasteiger partial charge in [-0.2, -0.15) is 0 Å². The molecule has 4 unspecified atom stereocenters. The fraction of sp³-hybridized carbons (Fsp3) is 0.786. The van der Waals surface area contributed by atoms with Crippen LogP contribution in [0.15, 0.2) is 11.6 Å². The van der Waals surface area contributed by atoms with Gasteiger partial charge in [-0.25, -0.2) is 4.98 Å². The summed E-state index contributed by atoms with van der Waals surface area (Å²) in [4.78, 5) is 4.45. The summed E-state index contributed by atoms with van der Waals surface area (Å²) in [5.41, 5.74) is 0. The molecular weight excluding hydrogens is 228 g/mol. The van der Waals surface area contributed by atoms with Gasteiger partial charge >= 0.3 is 0 Å². The molecule has 2 rings (SSSR count). The zero-order valence-electron chi connectivity index (χ0n) is 11.1. The predicted octanol–water partition coefficient (Wildman–Crippen LogP) is 4.01. The van der Waals surface area contributed by atoms with Crippen molar-refractivity contribution in [3.63, 3.8) is 0 Å². The Balaban J connectivity index is 1.95. The van der Waals surface area contributed by atoms with E-state index in [1.165, 1.54) is 24.3 Å². The minimum absolute atomic E-state index is 0.454. The van der Waals surface area contributed by atoms with Gasteiger partial charge in [-0.1, -0.05) is 20.8 Å². The van der Waals surface area contributed by atoms with Crippen molar-refractivity contribution >= 4 is 11.3 Å². The second-order valence-corrected chi connectivity index (χ2v) is 6.43. The molecule has 3 heteroatoms. The number of aromatic nitrogens is 1. The van der Waals surface area contributed by atoms with Crippen molar-refractivity contribution in [2.24, 2.45) is 11.8 Å². The fourth-order valence-corrected chi connectivity index (χ4v) is 3.72. The predicted molar refractivity (Wildman–Crippen MR) is 74.2 cm³/mol. The van der Waals surface area contributed by atoms with Gasteiger partial charge in [0, 0.05) is 17.6 Å². The van der Waals surface area contributed by atoms with Crippen molar-refractivity contribution in [1.82, 2.24) is 10.3 Å². The van der Waals surface area contributed by atoms with Gasteiger partial charge in [-0.3, -0.25) is 0 Å². The van der Waals surface area contributed by atoms with Gasteiger partial charge < -0.3 is 5.32 Å². The lowest BCUT2D eigenvalue weighted by molar-refractivity contribution is 0.212. The van der Waals surface area contributed by atoms with Crippen LogP contribution >= 0.6 is 11.3 Å². The van der Waals surface area contributed by atoms with E-state index < -0.39 is 0 Å². The first-order chi connectivity index (χ1) is 8.20. The van der Waals surface area contributed by atoms with E-state index in [2.05, 4.69) is 36.5 Å². The van der Waals surface area contributed by atoms with Gasteiger partial charge in [-0.05, 0) is 37.5 Å². The van der Waals surface area contributed by atoms with Crippen LogP contribution in [-0.2, 0) is 0 Å². The Morgan fingerprint density at radius 1 is 1.47 bits per heavy atom. The Hall–Kier alpha value is -0.410. The Morgan fingerprint density at radius 3 is 2.88 bits per heavy atom. The molecule has 1 aromatic rings. The van der Waals surface area contributed by atoms with E-state index in [1.807, 2.05) is 6.20 Å². The lowest BCUT2D eigenvalue weighted by Crippen LogP contribution is -2.40. The highest BCUT2D eigenvalue weighted by atomic mass is 32.1. The molecule has 2 nitrogen and oxygen atoms in total. The van der Waals surface area contributed by atoms with Gasteiger partial charge in [-0.15, -0.1) is 11.3 Å². The second kappa shape index (κ2) is 5.96. The first kappa shape index (κ1) is 13.0. The maximum Gasteiger partial charge on any atom is 0.109 e. The third kappa shape index (κ3) is 3.29. The van der Waals surface area contributed by atoms with Crippen molar-refractivity contribution in [3.05, 3.63) is 16.6 Å². The van der Waals surface area contributed by atoms with Crippen LogP contribution in [0.5, 0.6) is 0 Å². The van der Waals surface area contributed by atoms with Crippen LogP contribution in [0.4, 0.5) is 0 Å². The third-order valence-corrected chi connectivity index (χ3v) is 4.89. The smallest absolute Gasteiger partial charge is 0.109 e. The second-order valence-electron chi connectivity index (χ2n) is 5.50. The quantitative estimate of drug-likeness (QED) is 0.876. The SMILES string of the molecule is CCC(NC1CCC(C)CC1C)c1nccs1. The molecule has 96 valence electrons. The normalized spacial score (nSPS) is 31.4. The number of hydrogen-bond acceptors (Lipinski definition) is 3. The zero-order chi connectivity index (χ0) is 12.3. The number of thiazole rings is 1. The van der Waals surface area contributed by atoms with Gasteiger partial charge in [0.05, 0.1) is 6.04 Å². The molecule has 0 aliphatic heterocycles. The Morgan fingerprint density at radius 2 is 2.29 bits per heavy atom. The summed E-state index contributed by atoms with van der Waals surface area (Å²) in [6.45, 7) is 7.02. The first-order valence-electron chi connectivity index (χ1n) is 6.86. The molecule has 1 fully saturated rings. The summed E-state index contributed by atoms with van der Waals surface area (Å²) in [6, 6.07) is 1.14. The van der Waals surface area contributed by atoms with Crippen molar-refractivity contribution in [2.45, 2.75) is 58.5 Å².